The van der Waals surface area contributed by atoms with Crippen LogP contribution in [0.25, 0.3) is 0 Å². The predicted octanol–water partition coefficient (Wildman–Crippen LogP) is 2.74. The van der Waals surface area contributed by atoms with Crippen molar-refractivity contribution in [3.63, 3.8) is 0 Å². The highest BCUT2D eigenvalue weighted by atomic mass is 32.1. The van der Waals surface area contributed by atoms with Crippen molar-refractivity contribution in [1.82, 2.24) is 9.36 Å². The van der Waals surface area contributed by atoms with Crippen molar-refractivity contribution in [2.75, 3.05) is 11.9 Å². The minimum Gasteiger partial charge on any atom is -0.469 e. The number of rotatable bonds is 6. The van der Waals surface area contributed by atoms with Crippen molar-refractivity contribution < 1.29 is 4.42 Å². The Balaban J connectivity index is 1.76. The Morgan fingerprint density at radius 1 is 1.44 bits per heavy atom. The fraction of sp³-hybridized carbons (Fsp3) is 0.455. The summed E-state index contributed by atoms with van der Waals surface area (Å²) in [6.45, 7) is 2.96. The molecule has 2 aromatic heterocycles. The lowest BCUT2D eigenvalue weighted by molar-refractivity contribution is 0.513. The molecular weight excluding hydrogens is 222 g/mol. The molecule has 0 aliphatic heterocycles. The van der Waals surface area contributed by atoms with Crippen molar-refractivity contribution in [2.45, 2.75) is 26.2 Å². The average Bonchev–Trinajstić information content (AvgIpc) is 2.90. The van der Waals surface area contributed by atoms with Crippen LogP contribution in [-0.2, 0) is 12.8 Å². The van der Waals surface area contributed by atoms with E-state index in [2.05, 4.69) is 21.6 Å². The molecule has 0 fully saturated rings. The fourth-order valence-electron chi connectivity index (χ4n) is 1.40. The van der Waals surface area contributed by atoms with E-state index in [9.17, 15) is 0 Å². The molecule has 0 spiro atoms. The third-order valence-electron chi connectivity index (χ3n) is 2.17. The second-order valence-corrected chi connectivity index (χ2v) is 4.27. The Morgan fingerprint density at radius 2 is 2.38 bits per heavy atom. The molecule has 1 N–H and O–H groups in total. The molecule has 0 radical (unpaired) electrons. The van der Waals surface area contributed by atoms with Gasteiger partial charge >= 0.3 is 0 Å². The monoisotopic (exact) mass is 237 g/mol. The maximum Gasteiger partial charge on any atom is 0.202 e. The summed E-state index contributed by atoms with van der Waals surface area (Å²) in [6, 6.07) is 3.88. The van der Waals surface area contributed by atoms with E-state index in [0.29, 0.717) is 0 Å². The summed E-state index contributed by atoms with van der Waals surface area (Å²) in [5, 5.41) is 4.14. The molecule has 0 aliphatic rings. The minimum atomic E-state index is 0.828. The van der Waals surface area contributed by atoms with Gasteiger partial charge in [0.1, 0.15) is 11.6 Å². The molecule has 5 heteroatoms. The van der Waals surface area contributed by atoms with E-state index in [4.69, 9.17) is 4.42 Å². The van der Waals surface area contributed by atoms with Gasteiger partial charge in [-0.3, -0.25) is 0 Å². The van der Waals surface area contributed by atoms with Crippen LogP contribution in [0, 0.1) is 0 Å². The molecule has 0 amide bonds. The highest BCUT2D eigenvalue weighted by Gasteiger charge is 2.02. The summed E-state index contributed by atoms with van der Waals surface area (Å²) in [7, 11) is 0. The summed E-state index contributed by atoms with van der Waals surface area (Å²) in [4.78, 5) is 4.38. The van der Waals surface area contributed by atoms with Crippen LogP contribution < -0.4 is 5.32 Å². The third kappa shape index (κ3) is 3.06. The minimum absolute atomic E-state index is 0.828. The summed E-state index contributed by atoms with van der Waals surface area (Å²) in [5.41, 5.74) is 0. The van der Waals surface area contributed by atoms with Crippen molar-refractivity contribution in [2.24, 2.45) is 0 Å². The summed E-state index contributed by atoms with van der Waals surface area (Å²) in [6.07, 6.45) is 4.61. The Hall–Kier alpha value is -1.36. The molecule has 2 rings (SSSR count). The number of furan rings is 1. The molecule has 2 heterocycles. The Kier molecular flexibility index (Phi) is 3.93. The van der Waals surface area contributed by atoms with Gasteiger partial charge in [-0.1, -0.05) is 6.92 Å². The molecule has 4 nitrogen and oxygen atoms in total. The highest BCUT2D eigenvalue weighted by molar-refractivity contribution is 7.09. The second kappa shape index (κ2) is 5.65. The van der Waals surface area contributed by atoms with Gasteiger partial charge in [-0.05, 0) is 18.6 Å². The van der Waals surface area contributed by atoms with Gasteiger partial charge in [-0.2, -0.15) is 4.37 Å². The SMILES string of the molecule is CCCc1nsc(NCCc2ccco2)n1. The number of nitrogens with one attached hydrogen (secondary N) is 1. The molecule has 0 saturated heterocycles. The molecule has 16 heavy (non-hydrogen) atoms. The number of anilines is 1. The topological polar surface area (TPSA) is 51.0 Å². The van der Waals surface area contributed by atoms with Gasteiger partial charge in [-0.25, -0.2) is 4.98 Å². The van der Waals surface area contributed by atoms with Crippen LogP contribution in [0.2, 0.25) is 0 Å². The van der Waals surface area contributed by atoms with E-state index in [0.717, 1.165) is 42.5 Å². The van der Waals surface area contributed by atoms with Gasteiger partial charge in [0, 0.05) is 30.9 Å². The fourth-order valence-corrected chi connectivity index (χ4v) is 2.04. The van der Waals surface area contributed by atoms with Gasteiger partial charge in [0.05, 0.1) is 6.26 Å². The highest BCUT2D eigenvalue weighted by Crippen LogP contribution is 2.12. The van der Waals surface area contributed by atoms with Crippen LogP contribution in [0.15, 0.2) is 22.8 Å². The van der Waals surface area contributed by atoms with E-state index < -0.39 is 0 Å². The van der Waals surface area contributed by atoms with Crippen LogP contribution >= 0.6 is 11.5 Å². The molecule has 0 unspecified atom stereocenters. The van der Waals surface area contributed by atoms with E-state index in [1.54, 1.807) is 6.26 Å². The normalized spacial score (nSPS) is 10.6. The van der Waals surface area contributed by atoms with E-state index in [1.807, 2.05) is 12.1 Å². The van der Waals surface area contributed by atoms with E-state index in [1.165, 1.54) is 11.5 Å². The molecule has 0 bridgehead atoms. The van der Waals surface area contributed by atoms with Gasteiger partial charge in [0.2, 0.25) is 5.13 Å². The van der Waals surface area contributed by atoms with E-state index in [-0.39, 0.29) is 0 Å². The molecule has 86 valence electrons. The largest absolute Gasteiger partial charge is 0.469 e. The lowest BCUT2D eigenvalue weighted by atomic mass is 10.3. The molecular formula is C11H15N3OS. The zero-order valence-electron chi connectivity index (χ0n) is 9.27. The van der Waals surface area contributed by atoms with E-state index >= 15 is 0 Å². The van der Waals surface area contributed by atoms with Crippen molar-refractivity contribution in [3.8, 4) is 0 Å². The van der Waals surface area contributed by atoms with Crippen LogP contribution in [0.4, 0.5) is 5.13 Å². The molecule has 0 aromatic carbocycles. The van der Waals surface area contributed by atoms with Crippen LogP contribution in [0.3, 0.4) is 0 Å². The standard InChI is InChI=1S/C11H15N3OS/c1-2-4-10-13-11(16-14-10)12-7-6-9-5-3-8-15-9/h3,5,8H,2,4,6-7H2,1H3,(H,12,13,14). The third-order valence-corrected chi connectivity index (χ3v) is 2.88. The first-order valence-electron chi connectivity index (χ1n) is 5.47. The van der Waals surface area contributed by atoms with Crippen molar-refractivity contribution >= 4 is 16.7 Å². The summed E-state index contributed by atoms with van der Waals surface area (Å²) >= 11 is 1.42. The maximum atomic E-state index is 5.24. The van der Waals surface area contributed by atoms with Gasteiger partial charge < -0.3 is 9.73 Å². The van der Waals surface area contributed by atoms with Gasteiger partial charge in [-0.15, -0.1) is 0 Å². The summed E-state index contributed by atoms with van der Waals surface area (Å²) < 4.78 is 9.51. The van der Waals surface area contributed by atoms with Gasteiger partial charge in [0.25, 0.3) is 0 Å². The first kappa shape index (κ1) is 11.1. The number of hydrogen-bond acceptors (Lipinski definition) is 5. The first-order valence-corrected chi connectivity index (χ1v) is 6.24. The Morgan fingerprint density at radius 3 is 3.12 bits per heavy atom. The zero-order valence-corrected chi connectivity index (χ0v) is 10.1. The van der Waals surface area contributed by atoms with Crippen LogP contribution in [0.5, 0.6) is 0 Å². The lowest BCUT2D eigenvalue weighted by Crippen LogP contribution is -2.03. The Bertz CT molecular complexity index is 411. The molecule has 2 aromatic rings. The average molecular weight is 237 g/mol. The molecule has 0 aliphatic carbocycles. The molecule has 0 saturated carbocycles. The van der Waals surface area contributed by atoms with Crippen LogP contribution in [-0.4, -0.2) is 15.9 Å². The zero-order chi connectivity index (χ0) is 11.2. The Labute approximate surface area is 98.9 Å². The second-order valence-electron chi connectivity index (χ2n) is 3.52. The molecule has 0 atom stereocenters. The van der Waals surface area contributed by atoms with Crippen molar-refractivity contribution in [3.05, 3.63) is 30.0 Å². The predicted molar refractivity (Wildman–Crippen MR) is 64.8 cm³/mol. The number of aryl methyl sites for hydroxylation is 1. The van der Waals surface area contributed by atoms with Gasteiger partial charge in [0.15, 0.2) is 0 Å². The smallest absolute Gasteiger partial charge is 0.202 e. The maximum absolute atomic E-state index is 5.24. The van der Waals surface area contributed by atoms with Crippen LogP contribution in [0.1, 0.15) is 24.9 Å². The quantitative estimate of drug-likeness (QED) is 0.839. The summed E-state index contributed by atoms with van der Waals surface area (Å²) in [5.74, 6) is 1.93. The number of aromatic nitrogens is 2. The lowest BCUT2D eigenvalue weighted by Gasteiger charge is -1.98. The first-order chi connectivity index (χ1) is 7.88. The number of hydrogen-bond donors (Lipinski definition) is 1. The number of nitrogens with zero attached hydrogens (tertiary/aromatic N) is 2. The van der Waals surface area contributed by atoms with Crippen molar-refractivity contribution in [1.29, 1.82) is 0 Å².